The molecule has 5 aromatic rings. The summed E-state index contributed by atoms with van der Waals surface area (Å²) in [6, 6.07) is 20.1. The highest BCUT2D eigenvalue weighted by molar-refractivity contribution is 5.66. The zero-order valence-corrected chi connectivity index (χ0v) is 15.2. The van der Waals surface area contributed by atoms with E-state index in [0.717, 1.165) is 16.1 Å². The van der Waals surface area contributed by atoms with Crippen molar-refractivity contribution in [2.75, 3.05) is 0 Å². The van der Waals surface area contributed by atoms with E-state index in [0.29, 0.717) is 11.4 Å². The van der Waals surface area contributed by atoms with Crippen LogP contribution in [0.3, 0.4) is 0 Å². The minimum atomic E-state index is -4.63. The summed E-state index contributed by atoms with van der Waals surface area (Å²) < 4.78 is 47.1. The van der Waals surface area contributed by atoms with Crippen LogP contribution >= 0.6 is 0 Å². The summed E-state index contributed by atoms with van der Waals surface area (Å²) in [7, 11) is 0. The van der Waals surface area contributed by atoms with Crippen molar-refractivity contribution in [1.29, 1.82) is 0 Å². The van der Waals surface area contributed by atoms with Crippen LogP contribution in [0.2, 0.25) is 0 Å². The molecule has 3 aromatic heterocycles. The van der Waals surface area contributed by atoms with E-state index in [9.17, 15) is 13.2 Å². The van der Waals surface area contributed by atoms with Crippen molar-refractivity contribution in [3.63, 3.8) is 0 Å². The molecule has 0 aliphatic rings. The third kappa shape index (κ3) is 3.20. The molecule has 3 heterocycles. The Morgan fingerprint density at radius 1 is 0.767 bits per heavy atom. The molecule has 9 heteroatoms. The van der Waals surface area contributed by atoms with Crippen LogP contribution in [-0.2, 0) is 6.18 Å². The lowest BCUT2D eigenvalue weighted by atomic mass is 10.1. The van der Waals surface area contributed by atoms with Gasteiger partial charge in [-0.1, -0.05) is 65.8 Å². The second-order valence-corrected chi connectivity index (χ2v) is 6.48. The maximum Gasteiger partial charge on any atom is 0.433 e. The number of alkyl halides is 3. The van der Waals surface area contributed by atoms with Crippen LogP contribution < -0.4 is 0 Å². The summed E-state index contributed by atoms with van der Waals surface area (Å²) in [5.74, 6) is 0.324. The second kappa shape index (κ2) is 6.80. The molecule has 0 N–H and O–H groups in total. The monoisotopic (exact) mass is 407 g/mol. The van der Waals surface area contributed by atoms with Crippen LogP contribution in [0.25, 0.3) is 39.9 Å². The maximum absolute atomic E-state index is 13.7. The highest BCUT2D eigenvalue weighted by Gasteiger charge is 2.35. The molecule has 0 aliphatic heterocycles. The fourth-order valence-corrected chi connectivity index (χ4v) is 3.07. The SMILES string of the molecule is FC(F)(F)c1cc(-c2ccccc2)nc2cc(-c3nc(-c4ccccc4)no3)nn12. The van der Waals surface area contributed by atoms with Gasteiger partial charge in [-0.15, -0.1) is 0 Å². The number of fused-ring (bicyclic) bond motifs is 1. The molecule has 0 bridgehead atoms. The summed E-state index contributed by atoms with van der Waals surface area (Å²) in [6.07, 6.45) is -4.63. The quantitative estimate of drug-likeness (QED) is 0.415. The summed E-state index contributed by atoms with van der Waals surface area (Å²) in [5, 5.41) is 7.92. The van der Waals surface area contributed by atoms with Crippen LogP contribution in [0.15, 0.2) is 77.3 Å². The molecule has 5 rings (SSSR count). The molecule has 0 radical (unpaired) electrons. The summed E-state index contributed by atoms with van der Waals surface area (Å²) in [6.45, 7) is 0. The smallest absolute Gasteiger partial charge is 0.332 e. The Bertz CT molecular complexity index is 1330. The van der Waals surface area contributed by atoms with Gasteiger partial charge in [-0.25, -0.2) is 9.50 Å². The molecule has 0 atom stereocenters. The fraction of sp³-hybridized carbons (Fsp3) is 0.0476. The van der Waals surface area contributed by atoms with Crippen molar-refractivity contribution in [2.24, 2.45) is 0 Å². The third-order valence-electron chi connectivity index (χ3n) is 4.46. The number of hydrogen-bond donors (Lipinski definition) is 0. The van der Waals surface area contributed by atoms with Gasteiger partial charge in [0, 0.05) is 17.2 Å². The molecular formula is C21H12F3N5O. The fourth-order valence-electron chi connectivity index (χ4n) is 3.07. The average Bonchev–Trinajstić information content (AvgIpc) is 3.40. The first kappa shape index (κ1) is 18.0. The van der Waals surface area contributed by atoms with Crippen molar-refractivity contribution in [3.05, 3.63) is 78.5 Å². The van der Waals surface area contributed by atoms with E-state index in [2.05, 4.69) is 20.2 Å². The van der Waals surface area contributed by atoms with Gasteiger partial charge in [-0.3, -0.25) is 0 Å². The van der Waals surface area contributed by atoms with Crippen molar-refractivity contribution in [3.8, 4) is 34.2 Å². The lowest BCUT2D eigenvalue weighted by molar-refractivity contribution is -0.142. The molecule has 0 unspecified atom stereocenters. The molecule has 0 spiro atoms. The molecule has 0 saturated carbocycles. The maximum atomic E-state index is 13.7. The van der Waals surface area contributed by atoms with E-state index in [1.54, 1.807) is 42.5 Å². The topological polar surface area (TPSA) is 69.1 Å². The van der Waals surface area contributed by atoms with Crippen LogP contribution in [0.1, 0.15) is 5.69 Å². The number of nitrogens with zero attached hydrogens (tertiary/aromatic N) is 5. The van der Waals surface area contributed by atoms with Gasteiger partial charge in [-0.2, -0.15) is 23.3 Å². The molecule has 148 valence electrons. The average molecular weight is 407 g/mol. The Labute approximate surface area is 167 Å². The largest absolute Gasteiger partial charge is 0.433 e. The van der Waals surface area contributed by atoms with Gasteiger partial charge in [-0.05, 0) is 6.07 Å². The number of benzene rings is 2. The number of rotatable bonds is 3. The Morgan fingerprint density at radius 2 is 1.43 bits per heavy atom. The van der Waals surface area contributed by atoms with E-state index in [1.807, 2.05) is 18.2 Å². The van der Waals surface area contributed by atoms with Gasteiger partial charge < -0.3 is 4.52 Å². The molecule has 0 aliphatic carbocycles. The van der Waals surface area contributed by atoms with E-state index < -0.39 is 11.9 Å². The standard InChI is InChI=1S/C21H12F3N5O/c22-21(23,24)17-11-15(13-7-3-1-4-8-13)25-18-12-16(27-29(17)18)20-26-19(28-30-20)14-9-5-2-6-10-14/h1-12H. The molecule has 30 heavy (non-hydrogen) atoms. The number of hydrogen-bond acceptors (Lipinski definition) is 5. The van der Waals surface area contributed by atoms with Gasteiger partial charge in [0.2, 0.25) is 5.82 Å². The number of aromatic nitrogens is 5. The van der Waals surface area contributed by atoms with Gasteiger partial charge >= 0.3 is 6.18 Å². The highest BCUT2D eigenvalue weighted by Crippen LogP contribution is 2.33. The zero-order chi connectivity index (χ0) is 20.7. The Morgan fingerprint density at radius 3 is 2.10 bits per heavy atom. The van der Waals surface area contributed by atoms with E-state index in [1.165, 1.54) is 6.07 Å². The van der Waals surface area contributed by atoms with Crippen molar-refractivity contribution < 1.29 is 17.7 Å². The molecule has 0 amide bonds. The van der Waals surface area contributed by atoms with Crippen molar-refractivity contribution >= 4 is 5.65 Å². The van der Waals surface area contributed by atoms with E-state index >= 15 is 0 Å². The molecule has 0 saturated heterocycles. The predicted molar refractivity (Wildman–Crippen MR) is 102 cm³/mol. The molecule has 2 aromatic carbocycles. The number of halogens is 3. The predicted octanol–water partition coefficient (Wildman–Crippen LogP) is 5.13. The van der Waals surface area contributed by atoms with Gasteiger partial charge in [0.1, 0.15) is 0 Å². The lowest BCUT2D eigenvalue weighted by Gasteiger charge is -2.10. The van der Waals surface area contributed by atoms with E-state index in [-0.39, 0.29) is 22.9 Å². The zero-order valence-electron chi connectivity index (χ0n) is 15.2. The third-order valence-corrected chi connectivity index (χ3v) is 4.46. The first-order valence-electron chi connectivity index (χ1n) is 8.92. The van der Waals surface area contributed by atoms with Gasteiger partial charge in [0.05, 0.1) is 5.69 Å². The van der Waals surface area contributed by atoms with Crippen molar-refractivity contribution in [1.82, 2.24) is 24.7 Å². The van der Waals surface area contributed by atoms with Crippen molar-refractivity contribution in [2.45, 2.75) is 6.18 Å². The Kier molecular flexibility index (Phi) is 4.09. The highest BCUT2D eigenvalue weighted by atomic mass is 19.4. The van der Waals surface area contributed by atoms with Gasteiger partial charge in [0.15, 0.2) is 17.0 Å². The van der Waals surface area contributed by atoms with Crippen LogP contribution in [0.5, 0.6) is 0 Å². The molecule has 6 nitrogen and oxygen atoms in total. The summed E-state index contributed by atoms with van der Waals surface area (Å²) in [4.78, 5) is 8.60. The minimum Gasteiger partial charge on any atom is -0.332 e. The Hall–Kier alpha value is -4.01. The van der Waals surface area contributed by atoms with Crippen LogP contribution in [-0.4, -0.2) is 24.7 Å². The summed E-state index contributed by atoms with van der Waals surface area (Å²) in [5.41, 5.74) is 0.665. The van der Waals surface area contributed by atoms with Crippen LogP contribution in [0, 0.1) is 0 Å². The van der Waals surface area contributed by atoms with E-state index in [4.69, 9.17) is 4.52 Å². The Balaban J connectivity index is 1.64. The molecule has 0 fully saturated rings. The van der Waals surface area contributed by atoms with Gasteiger partial charge in [0.25, 0.3) is 5.89 Å². The summed E-state index contributed by atoms with van der Waals surface area (Å²) >= 11 is 0. The lowest BCUT2D eigenvalue weighted by Crippen LogP contribution is -2.13. The first-order valence-corrected chi connectivity index (χ1v) is 8.92. The normalized spacial score (nSPS) is 11.8. The second-order valence-electron chi connectivity index (χ2n) is 6.48. The van der Waals surface area contributed by atoms with Crippen LogP contribution in [0.4, 0.5) is 13.2 Å². The molecular weight excluding hydrogens is 395 g/mol. The minimum absolute atomic E-state index is 0.00809. The first-order chi connectivity index (χ1) is 14.5.